The van der Waals surface area contributed by atoms with E-state index >= 15 is 0 Å². The highest BCUT2D eigenvalue weighted by atomic mass is 16.1. The molecule has 0 amide bonds. The molecule has 0 fully saturated rings. The fraction of sp³-hybridized carbons (Fsp3) is 0.250. The van der Waals surface area contributed by atoms with E-state index < -0.39 is 0 Å². The lowest BCUT2D eigenvalue weighted by molar-refractivity contribution is 0.784. The highest BCUT2D eigenvalue weighted by Gasteiger charge is 2.04. The largest absolute Gasteiger partial charge is 0.314 e. The van der Waals surface area contributed by atoms with Gasteiger partial charge in [-0.2, -0.15) is 0 Å². The number of pyridine rings is 1. The van der Waals surface area contributed by atoms with Gasteiger partial charge in [0.2, 0.25) is 0 Å². The molecule has 0 spiro atoms. The molecule has 0 atom stereocenters. The third kappa shape index (κ3) is 2.76. The maximum Gasteiger partial charge on any atom is 0.251 e. The Morgan fingerprint density at radius 1 is 1.41 bits per heavy atom. The van der Waals surface area contributed by atoms with Gasteiger partial charge in [-0.15, -0.1) is 0 Å². The van der Waals surface area contributed by atoms with Gasteiger partial charge in [0, 0.05) is 18.8 Å². The van der Waals surface area contributed by atoms with Crippen LogP contribution in [0.25, 0.3) is 11.5 Å². The van der Waals surface area contributed by atoms with Crippen molar-refractivity contribution in [3.63, 3.8) is 0 Å². The predicted molar refractivity (Wildman–Crippen MR) is 65.6 cm³/mol. The molecule has 2 aromatic rings. The SMILES string of the molecule is CNCc1cc(=O)[nH]c(-c2cc(C)ccn2)n1. The summed E-state index contributed by atoms with van der Waals surface area (Å²) in [6.45, 7) is 2.53. The lowest BCUT2D eigenvalue weighted by Gasteiger charge is -2.03. The Morgan fingerprint density at radius 2 is 2.24 bits per heavy atom. The fourth-order valence-electron chi connectivity index (χ4n) is 1.57. The Bertz CT molecular complexity index is 577. The normalized spacial score (nSPS) is 10.5. The molecule has 0 aliphatic heterocycles. The summed E-state index contributed by atoms with van der Waals surface area (Å²) < 4.78 is 0. The number of hydrogen-bond donors (Lipinski definition) is 2. The Kier molecular flexibility index (Phi) is 3.30. The molecule has 0 unspecified atom stereocenters. The van der Waals surface area contributed by atoms with Crippen LogP contribution in [0.5, 0.6) is 0 Å². The van der Waals surface area contributed by atoms with Crippen molar-refractivity contribution in [2.24, 2.45) is 0 Å². The Morgan fingerprint density at radius 3 is 2.94 bits per heavy atom. The van der Waals surface area contributed by atoms with Gasteiger partial charge in [-0.05, 0) is 31.7 Å². The first kappa shape index (κ1) is 11.5. The highest BCUT2D eigenvalue weighted by molar-refractivity contribution is 5.49. The molecule has 2 aromatic heterocycles. The predicted octanol–water partition coefficient (Wildman–Crippen LogP) is 0.860. The van der Waals surface area contributed by atoms with Gasteiger partial charge in [-0.25, -0.2) is 4.98 Å². The first-order valence-electron chi connectivity index (χ1n) is 5.37. The second-order valence-corrected chi connectivity index (χ2v) is 3.83. The summed E-state index contributed by atoms with van der Waals surface area (Å²) in [7, 11) is 1.81. The van der Waals surface area contributed by atoms with Gasteiger partial charge >= 0.3 is 0 Å². The van der Waals surface area contributed by atoms with Gasteiger partial charge in [-0.1, -0.05) is 0 Å². The van der Waals surface area contributed by atoms with Crippen LogP contribution >= 0.6 is 0 Å². The van der Waals surface area contributed by atoms with E-state index in [1.165, 1.54) is 6.07 Å². The number of H-pyrrole nitrogens is 1. The molecule has 5 heteroatoms. The van der Waals surface area contributed by atoms with E-state index in [1.54, 1.807) is 6.20 Å². The molecule has 0 aliphatic carbocycles. The monoisotopic (exact) mass is 230 g/mol. The van der Waals surface area contributed by atoms with Gasteiger partial charge in [0.1, 0.15) is 5.69 Å². The van der Waals surface area contributed by atoms with E-state index in [0.29, 0.717) is 23.8 Å². The molecule has 0 aromatic carbocycles. The topological polar surface area (TPSA) is 70.7 Å². The van der Waals surface area contributed by atoms with Crippen LogP contribution in [0.2, 0.25) is 0 Å². The number of nitrogens with zero attached hydrogens (tertiary/aromatic N) is 2. The summed E-state index contributed by atoms with van der Waals surface area (Å²) in [5, 5.41) is 2.97. The molecule has 17 heavy (non-hydrogen) atoms. The third-order valence-electron chi connectivity index (χ3n) is 2.31. The summed E-state index contributed by atoms with van der Waals surface area (Å²) >= 11 is 0. The van der Waals surface area contributed by atoms with E-state index in [0.717, 1.165) is 5.56 Å². The van der Waals surface area contributed by atoms with Gasteiger partial charge in [0.25, 0.3) is 5.56 Å². The number of aromatic nitrogens is 3. The molecule has 0 saturated heterocycles. The van der Waals surface area contributed by atoms with Crippen LogP contribution < -0.4 is 10.9 Å². The number of aryl methyl sites for hydroxylation is 1. The minimum absolute atomic E-state index is 0.163. The summed E-state index contributed by atoms with van der Waals surface area (Å²) in [5.41, 5.74) is 2.30. The Hall–Kier alpha value is -2.01. The molecule has 88 valence electrons. The third-order valence-corrected chi connectivity index (χ3v) is 2.31. The summed E-state index contributed by atoms with van der Waals surface area (Å²) in [5.74, 6) is 0.506. The van der Waals surface area contributed by atoms with E-state index in [-0.39, 0.29) is 5.56 Å². The van der Waals surface area contributed by atoms with Crippen molar-refractivity contribution in [3.05, 3.63) is 46.0 Å². The van der Waals surface area contributed by atoms with Crippen LogP contribution in [-0.2, 0) is 6.54 Å². The first-order valence-corrected chi connectivity index (χ1v) is 5.37. The van der Waals surface area contributed by atoms with Crippen molar-refractivity contribution < 1.29 is 0 Å². The minimum atomic E-state index is -0.163. The van der Waals surface area contributed by atoms with Crippen LogP contribution in [0.15, 0.2) is 29.2 Å². The zero-order valence-electron chi connectivity index (χ0n) is 9.82. The van der Waals surface area contributed by atoms with Crippen LogP contribution in [0.3, 0.4) is 0 Å². The quantitative estimate of drug-likeness (QED) is 0.820. The fourth-order valence-corrected chi connectivity index (χ4v) is 1.57. The molecule has 0 saturated carbocycles. The smallest absolute Gasteiger partial charge is 0.251 e. The van der Waals surface area contributed by atoms with E-state index in [1.807, 2.05) is 26.1 Å². The van der Waals surface area contributed by atoms with Gasteiger partial charge in [0.15, 0.2) is 5.82 Å². The number of hydrogen-bond acceptors (Lipinski definition) is 4. The maximum absolute atomic E-state index is 11.5. The van der Waals surface area contributed by atoms with Crippen LogP contribution in [0.1, 0.15) is 11.3 Å². The van der Waals surface area contributed by atoms with Crippen molar-refractivity contribution in [3.8, 4) is 11.5 Å². The summed E-state index contributed by atoms with van der Waals surface area (Å²) in [6.07, 6.45) is 1.70. The zero-order valence-corrected chi connectivity index (χ0v) is 9.82. The summed E-state index contributed by atoms with van der Waals surface area (Å²) in [4.78, 5) is 22.7. The molecule has 0 bridgehead atoms. The molecule has 2 rings (SSSR count). The Balaban J connectivity index is 2.48. The van der Waals surface area contributed by atoms with E-state index in [2.05, 4.69) is 20.3 Å². The van der Waals surface area contributed by atoms with Crippen LogP contribution in [0, 0.1) is 6.92 Å². The molecular weight excluding hydrogens is 216 g/mol. The lowest BCUT2D eigenvalue weighted by Crippen LogP contribution is -2.15. The molecule has 2 heterocycles. The molecule has 0 aliphatic rings. The minimum Gasteiger partial charge on any atom is -0.314 e. The van der Waals surface area contributed by atoms with Crippen molar-refractivity contribution in [1.82, 2.24) is 20.3 Å². The van der Waals surface area contributed by atoms with E-state index in [9.17, 15) is 4.79 Å². The Labute approximate surface area is 99.0 Å². The zero-order chi connectivity index (χ0) is 12.3. The van der Waals surface area contributed by atoms with Crippen molar-refractivity contribution >= 4 is 0 Å². The highest BCUT2D eigenvalue weighted by Crippen LogP contribution is 2.11. The average molecular weight is 230 g/mol. The van der Waals surface area contributed by atoms with E-state index in [4.69, 9.17) is 0 Å². The molecule has 2 N–H and O–H groups in total. The van der Waals surface area contributed by atoms with Crippen molar-refractivity contribution in [2.75, 3.05) is 7.05 Å². The maximum atomic E-state index is 11.5. The lowest BCUT2D eigenvalue weighted by atomic mass is 10.2. The van der Waals surface area contributed by atoms with Gasteiger partial charge in [-0.3, -0.25) is 9.78 Å². The molecular formula is C12H14N4O. The van der Waals surface area contributed by atoms with Crippen LogP contribution in [0.4, 0.5) is 0 Å². The molecule has 0 radical (unpaired) electrons. The second kappa shape index (κ2) is 4.88. The first-order chi connectivity index (χ1) is 8.19. The average Bonchev–Trinajstić information content (AvgIpc) is 2.28. The molecule has 5 nitrogen and oxygen atoms in total. The number of aromatic amines is 1. The van der Waals surface area contributed by atoms with Gasteiger partial charge in [0.05, 0.1) is 5.69 Å². The standard InChI is InChI=1S/C12H14N4O/c1-8-3-4-14-10(5-8)12-15-9(7-13-2)6-11(17)16-12/h3-6,13H,7H2,1-2H3,(H,15,16,17). The summed E-state index contributed by atoms with van der Waals surface area (Å²) in [6, 6.07) is 5.27. The van der Waals surface area contributed by atoms with Gasteiger partial charge < -0.3 is 10.3 Å². The van der Waals surface area contributed by atoms with Crippen molar-refractivity contribution in [1.29, 1.82) is 0 Å². The van der Waals surface area contributed by atoms with Crippen LogP contribution in [-0.4, -0.2) is 22.0 Å². The van der Waals surface area contributed by atoms with Crippen molar-refractivity contribution in [2.45, 2.75) is 13.5 Å². The number of nitrogens with one attached hydrogen (secondary N) is 2. The number of rotatable bonds is 3. The second-order valence-electron chi connectivity index (χ2n) is 3.83.